The van der Waals surface area contributed by atoms with Crippen molar-refractivity contribution in [2.45, 2.75) is 45.6 Å². The topological polar surface area (TPSA) is 49.3 Å². The molecule has 0 unspecified atom stereocenters. The zero-order chi connectivity index (χ0) is 10.1. The van der Waals surface area contributed by atoms with Gasteiger partial charge in [0.2, 0.25) is 5.91 Å². The van der Waals surface area contributed by atoms with Gasteiger partial charge in [-0.05, 0) is 19.3 Å². The molecular formula is C10H19NO2. The number of rotatable bonds is 3. The van der Waals surface area contributed by atoms with E-state index in [0.29, 0.717) is 6.42 Å². The summed E-state index contributed by atoms with van der Waals surface area (Å²) >= 11 is 0. The highest BCUT2D eigenvalue weighted by Gasteiger charge is 2.44. The van der Waals surface area contributed by atoms with Gasteiger partial charge in [0, 0.05) is 17.6 Å². The van der Waals surface area contributed by atoms with Crippen molar-refractivity contribution in [2.24, 2.45) is 5.41 Å². The van der Waals surface area contributed by atoms with Crippen LogP contribution in [0.1, 0.15) is 40.0 Å². The normalized spacial score (nSPS) is 19.7. The Labute approximate surface area is 79.5 Å². The molecule has 0 aliphatic heterocycles. The highest BCUT2D eigenvalue weighted by atomic mass is 16.3. The molecule has 2 N–H and O–H groups in total. The minimum Gasteiger partial charge on any atom is -0.396 e. The van der Waals surface area contributed by atoms with Crippen LogP contribution < -0.4 is 5.32 Å². The van der Waals surface area contributed by atoms with Crippen molar-refractivity contribution in [3.8, 4) is 0 Å². The van der Waals surface area contributed by atoms with Gasteiger partial charge in [0.05, 0.1) is 0 Å². The van der Waals surface area contributed by atoms with E-state index >= 15 is 0 Å². The Hall–Kier alpha value is -0.570. The van der Waals surface area contributed by atoms with Crippen LogP contribution in [-0.4, -0.2) is 23.2 Å². The van der Waals surface area contributed by atoms with Gasteiger partial charge >= 0.3 is 0 Å². The van der Waals surface area contributed by atoms with Crippen LogP contribution in [0.3, 0.4) is 0 Å². The van der Waals surface area contributed by atoms with Crippen molar-refractivity contribution in [3.05, 3.63) is 0 Å². The molecule has 0 saturated heterocycles. The Bertz CT molecular complexity index is 201. The van der Waals surface area contributed by atoms with Gasteiger partial charge in [0.15, 0.2) is 0 Å². The second-order valence-electron chi connectivity index (χ2n) is 4.96. The molecule has 3 heteroatoms. The summed E-state index contributed by atoms with van der Waals surface area (Å²) in [6.45, 7) is 5.86. The number of carbonyl (C=O) groups is 1. The van der Waals surface area contributed by atoms with Crippen molar-refractivity contribution in [1.29, 1.82) is 0 Å². The molecule has 13 heavy (non-hydrogen) atoms. The van der Waals surface area contributed by atoms with Gasteiger partial charge in [-0.2, -0.15) is 0 Å². The van der Waals surface area contributed by atoms with E-state index in [9.17, 15) is 4.79 Å². The summed E-state index contributed by atoms with van der Waals surface area (Å²) in [5.74, 6) is 0.0819. The van der Waals surface area contributed by atoms with Crippen molar-refractivity contribution < 1.29 is 9.90 Å². The molecule has 0 spiro atoms. The minimum absolute atomic E-state index is 0.0703. The summed E-state index contributed by atoms with van der Waals surface area (Å²) in [6.07, 6.45) is 2.71. The van der Waals surface area contributed by atoms with Crippen LogP contribution in [0.5, 0.6) is 0 Å². The first kappa shape index (κ1) is 10.5. The largest absolute Gasteiger partial charge is 0.396 e. The molecule has 1 fully saturated rings. The Morgan fingerprint density at radius 2 is 2.00 bits per heavy atom. The predicted molar refractivity (Wildman–Crippen MR) is 51.3 cm³/mol. The molecule has 0 aromatic carbocycles. The second-order valence-corrected chi connectivity index (χ2v) is 4.96. The minimum atomic E-state index is -0.328. The van der Waals surface area contributed by atoms with E-state index in [1.54, 1.807) is 0 Å². The molecule has 0 heterocycles. The number of hydrogen-bond acceptors (Lipinski definition) is 2. The van der Waals surface area contributed by atoms with Crippen LogP contribution in [0.25, 0.3) is 0 Å². The molecule has 0 aromatic heterocycles. The Morgan fingerprint density at radius 1 is 1.46 bits per heavy atom. The summed E-state index contributed by atoms with van der Waals surface area (Å²) < 4.78 is 0. The standard InChI is InChI=1S/C10H19NO2/c1-9(2,3)8(13)11-10(4-5-10)6-7-12/h12H,4-7H2,1-3H3,(H,11,13). The highest BCUT2D eigenvalue weighted by molar-refractivity contribution is 5.82. The first-order valence-corrected chi connectivity index (χ1v) is 4.83. The summed E-state index contributed by atoms with van der Waals surface area (Å²) in [7, 11) is 0. The van der Waals surface area contributed by atoms with Gasteiger partial charge in [0.1, 0.15) is 0 Å². The van der Waals surface area contributed by atoms with E-state index in [1.807, 2.05) is 20.8 Å². The maximum atomic E-state index is 11.6. The van der Waals surface area contributed by atoms with Gasteiger partial charge in [-0.3, -0.25) is 4.79 Å². The molecule has 1 amide bonds. The van der Waals surface area contributed by atoms with Crippen LogP contribution in [0.15, 0.2) is 0 Å². The molecule has 1 aliphatic carbocycles. The molecule has 76 valence electrons. The van der Waals surface area contributed by atoms with Gasteiger partial charge in [-0.25, -0.2) is 0 Å². The first-order valence-electron chi connectivity index (χ1n) is 4.83. The zero-order valence-electron chi connectivity index (χ0n) is 8.68. The van der Waals surface area contributed by atoms with E-state index in [1.165, 1.54) is 0 Å². The smallest absolute Gasteiger partial charge is 0.225 e. The molecule has 0 aromatic rings. The van der Waals surface area contributed by atoms with E-state index in [4.69, 9.17) is 5.11 Å². The average molecular weight is 185 g/mol. The monoisotopic (exact) mass is 185 g/mol. The predicted octanol–water partition coefficient (Wildman–Crippen LogP) is 1.06. The van der Waals surface area contributed by atoms with Gasteiger partial charge < -0.3 is 10.4 Å². The molecule has 1 aliphatic rings. The van der Waals surface area contributed by atoms with Crippen LogP contribution in [0.2, 0.25) is 0 Å². The summed E-state index contributed by atoms with van der Waals surface area (Å²) in [4.78, 5) is 11.6. The average Bonchev–Trinajstić information content (AvgIpc) is 2.67. The van der Waals surface area contributed by atoms with E-state index in [0.717, 1.165) is 12.8 Å². The van der Waals surface area contributed by atoms with Gasteiger partial charge in [-0.15, -0.1) is 0 Å². The number of aliphatic hydroxyl groups excluding tert-OH is 1. The van der Waals surface area contributed by atoms with Crippen molar-refractivity contribution in [2.75, 3.05) is 6.61 Å². The number of nitrogens with one attached hydrogen (secondary N) is 1. The van der Waals surface area contributed by atoms with Gasteiger partial charge in [0.25, 0.3) is 0 Å². The molecule has 0 bridgehead atoms. The van der Waals surface area contributed by atoms with Crippen molar-refractivity contribution in [3.63, 3.8) is 0 Å². The summed E-state index contributed by atoms with van der Waals surface area (Å²) in [6, 6.07) is 0. The number of carbonyl (C=O) groups excluding carboxylic acids is 1. The zero-order valence-corrected chi connectivity index (χ0v) is 8.68. The Kier molecular flexibility index (Phi) is 2.66. The molecule has 1 saturated carbocycles. The van der Waals surface area contributed by atoms with Crippen molar-refractivity contribution >= 4 is 5.91 Å². The SMILES string of the molecule is CC(C)(C)C(=O)NC1(CCO)CC1. The molecule has 3 nitrogen and oxygen atoms in total. The van der Waals surface area contributed by atoms with Crippen LogP contribution >= 0.6 is 0 Å². The quantitative estimate of drug-likeness (QED) is 0.691. The third-order valence-electron chi connectivity index (χ3n) is 2.50. The fourth-order valence-corrected chi connectivity index (χ4v) is 1.23. The van der Waals surface area contributed by atoms with E-state index in [2.05, 4.69) is 5.32 Å². The van der Waals surface area contributed by atoms with Crippen LogP contribution in [-0.2, 0) is 4.79 Å². The fraction of sp³-hybridized carbons (Fsp3) is 0.900. The maximum Gasteiger partial charge on any atom is 0.225 e. The number of amides is 1. The van der Waals surface area contributed by atoms with Crippen molar-refractivity contribution in [1.82, 2.24) is 5.32 Å². The lowest BCUT2D eigenvalue weighted by Crippen LogP contribution is -2.43. The van der Waals surface area contributed by atoms with E-state index < -0.39 is 0 Å². The van der Waals surface area contributed by atoms with Gasteiger partial charge in [-0.1, -0.05) is 20.8 Å². The Balaban J connectivity index is 2.45. The number of hydrogen-bond donors (Lipinski definition) is 2. The third-order valence-corrected chi connectivity index (χ3v) is 2.50. The molecular weight excluding hydrogens is 166 g/mol. The summed E-state index contributed by atoms with van der Waals surface area (Å²) in [5, 5.41) is 11.8. The lowest BCUT2D eigenvalue weighted by molar-refractivity contribution is -0.129. The van der Waals surface area contributed by atoms with Crippen LogP contribution in [0, 0.1) is 5.41 Å². The summed E-state index contributed by atoms with van der Waals surface area (Å²) in [5.41, 5.74) is -0.399. The first-order chi connectivity index (χ1) is 5.90. The fourth-order valence-electron chi connectivity index (χ4n) is 1.23. The molecule has 0 atom stereocenters. The highest BCUT2D eigenvalue weighted by Crippen LogP contribution is 2.39. The lowest BCUT2D eigenvalue weighted by atomic mass is 9.94. The number of aliphatic hydroxyl groups is 1. The Morgan fingerprint density at radius 3 is 2.31 bits per heavy atom. The second kappa shape index (κ2) is 3.29. The van der Waals surface area contributed by atoms with E-state index in [-0.39, 0.29) is 23.5 Å². The molecule has 0 radical (unpaired) electrons. The molecule has 1 rings (SSSR count). The van der Waals surface area contributed by atoms with Crippen LogP contribution in [0.4, 0.5) is 0 Å². The lowest BCUT2D eigenvalue weighted by Gasteiger charge is -2.23. The maximum absolute atomic E-state index is 11.6. The third kappa shape index (κ3) is 2.69.